The lowest BCUT2D eigenvalue weighted by atomic mass is 10.1. The van der Waals surface area contributed by atoms with Gasteiger partial charge in [0, 0.05) is 30.2 Å². The van der Waals surface area contributed by atoms with E-state index in [1.54, 1.807) is 51.6 Å². The third-order valence-electron chi connectivity index (χ3n) is 3.04. The van der Waals surface area contributed by atoms with E-state index in [-0.39, 0.29) is 0 Å². The highest BCUT2D eigenvalue weighted by Crippen LogP contribution is 2.23. The third-order valence-corrected chi connectivity index (χ3v) is 3.04. The van der Waals surface area contributed by atoms with Crippen molar-refractivity contribution in [1.82, 2.24) is 14.9 Å². The zero-order valence-corrected chi connectivity index (χ0v) is 14.2. The summed E-state index contributed by atoms with van der Waals surface area (Å²) in [4.78, 5) is 27.9. The normalized spacial score (nSPS) is 11.1. The maximum absolute atomic E-state index is 12.4. The second kappa shape index (κ2) is 7.45. The van der Waals surface area contributed by atoms with Gasteiger partial charge in [-0.3, -0.25) is 19.7 Å². The second-order valence-corrected chi connectivity index (χ2v) is 6.17. The lowest BCUT2D eigenvalue weighted by Gasteiger charge is -2.20. The number of amides is 1. The molecule has 0 saturated carbocycles. The second-order valence-electron chi connectivity index (χ2n) is 6.17. The Bertz CT molecular complexity index is 839. The van der Waals surface area contributed by atoms with Gasteiger partial charge in [0.2, 0.25) is 0 Å². The number of rotatable bonds is 3. The molecule has 25 heavy (non-hydrogen) atoms. The molecule has 2 rings (SSSR count). The summed E-state index contributed by atoms with van der Waals surface area (Å²) >= 11 is 0. The van der Waals surface area contributed by atoms with Gasteiger partial charge in [-0.2, -0.15) is 5.26 Å². The molecule has 2 aromatic heterocycles. The van der Waals surface area contributed by atoms with Crippen LogP contribution in [-0.4, -0.2) is 27.2 Å². The first kappa shape index (κ1) is 17.9. The number of pyridine rings is 1. The van der Waals surface area contributed by atoms with Crippen LogP contribution in [0.3, 0.4) is 0 Å². The summed E-state index contributed by atoms with van der Waals surface area (Å²) in [5.74, 6) is -0.579. The number of carbonyl (C=O) groups is 2. The Morgan fingerprint density at radius 2 is 1.96 bits per heavy atom. The highest BCUT2D eigenvalue weighted by molar-refractivity contribution is 5.93. The predicted octanol–water partition coefficient (Wildman–Crippen LogP) is 2.94. The summed E-state index contributed by atoms with van der Waals surface area (Å²) in [5.41, 5.74) is 1.44. The average Bonchev–Trinajstić information content (AvgIpc) is 2.97. The summed E-state index contributed by atoms with van der Waals surface area (Å²) in [7, 11) is 0. The van der Waals surface area contributed by atoms with E-state index in [0.29, 0.717) is 5.69 Å². The Morgan fingerprint density at radius 3 is 2.56 bits per heavy atom. The number of nitrogens with one attached hydrogen (secondary N) is 1. The minimum Gasteiger partial charge on any atom is -0.443 e. The van der Waals surface area contributed by atoms with Crippen molar-refractivity contribution in [2.45, 2.75) is 26.4 Å². The van der Waals surface area contributed by atoms with Crippen LogP contribution in [0.1, 0.15) is 26.5 Å². The van der Waals surface area contributed by atoms with E-state index in [4.69, 9.17) is 10.00 Å². The fourth-order valence-electron chi connectivity index (χ4n) is 2.04. The fourth-order valence-corrected chi connectivity index (χ4v) is 2.04. The molecule has 2 aromatic rings. The summed E-state index contributed by atoms with van der Waals surface area (Å²) in [6, 6.07) is 5.37. The quantitative estimate of drug-likeness (QED) is 0.527. The molecule has 0 aliphatic carbocycles. The van der Waals surface area contributed by atoms with Gasteiger partial charge in [-0.25, -0.2) is 4.79 Å². The van der Waals surface area contributed by atoms with Crippen LogP contribution in [0.2, 0.25) is 0 Å². The van der Waals surface area contributed by atoms with Gasteiger partial charge in [0.25, 0.3) is 5.91 Å². The highest BCUT2D eigenvalue weighted by atomic mass is 16.6. The van der Waals surface area contributed by atoms with E-state index in [9.17, 15) is 9.59 Å². The first-order valence-corrected chi connectivity index (χ1v) is 7.53. The van der Waals surface area contributed by atoms with Crippen molar-refractivity contribution < 1.29 is 14.3 Å². The molecule has 128 valence electrons. The van der Waals surface area contributed by atoms with E-state index in [0.717, 1.165) is 11.1 Å². The molecule has 7 nitrogen and oxygen atoms in total. The minimum absolute atomic E-state index is 0.453. The zero-order valence-electron chi connectivity index (χ0n) is 14.2. The van der Waals surface area contributed by atoms with E-state index in [1.165, 1.54) is 16.7 Å². The topological polar surface area (TPSA) is 97.0 Å². The van der Waals surface area contributed by atoms with E-state index >= 15 is 0 Å². The van der Waals surface area contributed by atoms with Crippen molar-refractivity contribution in [3.05, 3.63) is 48.6 Å². The van der Waals surface area contributed by atoms with Crippen LogP contribution in [0.5, 0.6) is 0 Å². The molecule has 7 heteroatoms. The number of aromatic nitrogens is 2. The van der Waals surface area contributed by atoms with Gasteiger partial charge in [-0.05, 0) is 50.6 Å². The molecule has 0 atom stereocenters. The van der Waals surface area contributed by atoms with Gasteiger partial charge in [0.05, 0.1) is 5.69 Å². The third kappa shape index (κ3) is 5.04. The predicted molar refractivity (Wildman–Crippen MR) is 92.1 cm³/mol. The van der Waals surface area contributed by atoms with Gasteiger partial charge in [-0.1, -0.05) is 0 Å². The molecule has 0 aliphatic heterocycles. The van der Waals surface area contributed by atoms with Crippen LogP contribution in [0.15, 0.2) is 42.9 Å². The van der Waals surface area contributed by atoms with Gasteiger partial charge in [-0.15, -0.1) is 0 Å². The minimum atomic E-state index is -0.655. The van der Waals surface area contributed by atoms with Crippen molar-refractivity contribution in [1.29, 1.82) is 5.26 Å². The Hall–Kier alpha value is -3.40. The van der Waals surface area contributed by atoms with Crippen molar-refractivity contribution >= 4 is 18.1 Å². The number of hydrogen-bond acceptors (Lipinski definition) is 5. The summed E-state index contributed by atoms with van der Waals surface area (Å²) in [6.07, 6.45) is 8.54. The lowest BCUT2D eigenvalue weighted by Crippen LogP contribution is -2.27. The molecule has 0 spiro atoms. The molecular weight excluding hydrogens is 320 g/mol. The molecule has 0 bridgehead atoms. The van der Waals surface area contributed by atoms with Gasteiger partial charge in [0.15, 0.2) is 6.19 Å². The van der Waals surface area contributed by atoms with Crippen molar-refractivity contribution in [3.63, 3.8) is 0 Å². The Labute approximate surface area is 145 Å². The van der Waals surface area contributed by atoms with E-state index in [2.05, 4.69) is 4.98 Å². The smallest absolute Gasteiger partial charge is 0.418 e. The Kier molecular flexibility index (Phi) is 5.35. The standard InChI is InChI=1S/C18H18N4O3/c1-18(2,3)25-17(24)22-11-14(13-6-8-20-9-7-13)10-15(22)4-5-16(23)21-12-19/h4-11H,1-3H3,(H,21,23)/b5-4+. The molecular formula is C18H18N4O3. The SMILES string of the molecule is CC(C)(C)OC(=O)n1cc(-c2ccncc2)cc1/C=C/C(=O)NC#N. The van der Waals surface area contributed by atoms with Gasteiger partial charge >= 0.3 is 6.09 Å². The highest BCUT2D eigenvalue weighted by Gasteiger charge is 2.20. The zero-order chi connectivity index (χ0) is 18.4. The first-order chi connectivity index (χ1) is 11.8. The van der Waals surface area contributed by atoms with Gasteiger partial charge in [0.1, 0.15) is 5.60 Å². The summed E-state index contributed by atoms with van der Waals surface area (Å²) in [6.45, 7) is 5.32. The van der Waals surface area contributed by atoms with Crippen LogP contribution in [0, 0.1) is 11.5 Å². The Balaban J connectivity index is 2.41. The van der Waals surface area contributed by atoms with E-state index < -0.39 is 17.6 Å². The first-order valence-electron chi connectivity index (χ1n) is 7.53. The van der Waals surface area contributed by atoms with Crippen LogP contribution in [-0.2, 0) is 9.53 Å². The van der Waals surface area contributed by atoms with Gasteiger partial charge < -0.3 is 4.74 Å². The number of ether oxygens (including phenoxy) is 1. The lowest BCUT2D eigenvalue weighted by molar-refractivity contribution is -0.115. The van der Waals surface area contributed by atoms with Crippen LogP contribution in [0.4, 0.5) is 4.79 Å². The number of nitriles is 1. The molecule has 1 amide bonds. The maximum atomic E-state index is 12.4. The Morgan fingerprint density at radius 1 is 1.28 bits per heavy atom. The molecule has 0 fully saturated rings. The molecule has 0 aromatic carbocycles. The molecule has 0 unspecified atom stereocenters. The van der Waals surface area contributed by atoms with Crippen LogP contribution >= 0.6 is 0 Å². The number of nitrogens with zero attached hydrogens (tertiary/aromatic N) is 3. The largest absolute Gasteiger partial charge is 0.443 e. The summed E-state index contributed by atoms with van der Waals surface area (Å²) in [5, 5.41) is 10.4. The average molecular weight is 338 g/mol. The molecule has 1 N–H and O–H groups in total. The van der Waals surface area contributed by atoms with Crippen molar-refractivity contribution in [2.75, 3.05) is 0 Å². The van der Waals surface area contributed by atoms with Crippen LogP contribution in [0.25, 0.3) is 17.2 Å². The number of carbonyl (C=O) groups excluding carboxylic acids is 2. The maximum Gasteiger partial charge on any atom is 0.418 e. The monoisotopic (exact) mass is 338 g/mol. The van der Waals surface area contributed by atoms with Crippen molar-refractivity contribution in [3.8, 4) is 17.3 Å². The fraction of sp³-hybridized carbons (Fsp3) is 0.222. The van der Waals surface area contributed by atoms with Crippen LogP contribution < -0.4 is 5.32 Å². The molecule has 0 aliphatic rings. The molecule has 0 radical (unpaired) electrons. The summed E-state index contributed by atoms with van der Waals surface area (Å²) < 4.78 is 6.71. The van der Waals surface area contributed by atoms with E-state index in [1.807, 2.05) is 17.4 Å². The van der Waals surface area contributed by atoms with Crippen molar-refractivity contribution in [2.24, 2.45) is 0 Å². The molecule has 2 heterocycles. The number of hydrogen-bond donors (Lipinski definition) is 1. The molecule has 0 saturated heterocycles.